The highest BCUT2D eigenvalue weighted by molar-refractivity contribution is 5.99. The molecule has 0 atom stereocenters. The van der Waals surface area contributed by atoms with Gasteiger partial charge in [0.25, 0.3) is 5.91 Å². The van der Waals surface area contributed by atoms with Gasteiger partial charge in [-0.15, -0.1) is 0 Å². The minimum absolute atomic E-state index is 0.179. The van der Waals surface area contributed by atoms with Crippen LogP contribution in [0.25, 0.3) is 0 Å². The van der Waals surface area contributed by atoms with E-state index < -0.39 is 6.16 Å². The van der Waals surface area contributed by atoms with Gasteiger partial charge >= 0.3 is 6.16 Å². The van der Waals surface area contributed by atoms with E-state index in [1.807, 2.05) is 26.0 Å². The van der Waals surface area contributed by atoms with Gasteiger partial charge in [0.05, 0.1) is 6.61 Å². The first-order chi connectivity index (χ1) is 13.9. The van der Waals surface area contributed by atoms with E-state index in [1.54, 1.807) is 31.2 Å². The highest BCUT2D eigenvalue weighted by Crippen LogP contribution is 2.14. The van der Waals surface area contributed by atoms with Crippen LogP contribution in [0.15, 0.2) is 60.2 Å². The van der Waals surface area contributed by atoms with E-state index in [9.17, 15) is 14.4 Å². The average Bonchev–Trinajstić information content (AvgIpc) is 2.67. The van der Waals surface area contributed by atoms with Gasteiger partial charge in [-0.05, 0) is 62.7 Å². The lowest BCUT2D eigenvalue weighted by atomic mass is 10.1. The zero-order valence-electron chi connectivity index (χ0n) is 16.7. The molecule has 0 aliphatic heterocycles. The molecule has 0 unspecified atom stereocenters. The minimum atomic E-state index is -0.787. The van der Waals surface area contributed by atoms with Crippen molar-refractivity contribution in [3.63, 3.8) is 0 Å². The third-order valence-corrected chi connectivity index (χ3v) is 3.67. The number of hydrogen-bond donors (Lipinski definition) is 2. The number of anilines is 1. The van der Waals surface area contributed by atoms with Crippen molar-refractivity contribution < 1.29 is 23.9 Å². The Kier molecular flexibility index (Phi) is 7.97. The van der Waals surface area contributed by atoms with Gasteiger partial charge in [0.1, 0.15) is 5.75 Å². The van der Waals surface area contributed by atoms with Crippen LogP contribution >= 0.6 is 0 Å². The number of carbonyl (C=O) groups excluding carboxylic acids is 3. The number of hydrogen-bond acceptors (Lipinski definition) is 5. The highest BCUT2D eigenvalue weighted by atomic mass is 16.7. The lowest BCUT2D eigenvalue weighted by Crippen LogP contribution is -2.22. The Morgan fingerprint density at radius 3 is 2.21 bits per heavy atom. The van der Waals surface area contributed by atoms with Crippen LogP contribution in [0.2, 0.25) is 0 Å². The highest BCUT2D eigenvalue weighted by Gasteiger charge is 2.08. The van der Waals surface area contributed by atoms with Gasteiger partial charge in [0, 0.05) is 23.9 Å². The van der Waals surface area contributed by atoms with Crippen molar-refractivity contribution >= 4 is 23.7 Å². The number of carbonyl (C=O) groups is 3. The average molecular weight is 396 g/mol. The Morgan fingerprint density at radius 1 is 0.966 bits per heavy atom. The van der Waals surface area contributed by atoms with Crippen LogP contribution < -0.4 is 15.4 Å². The minimum Gasteiger partial charge on any atom is -0.434 e. The predicted octanol–water partition coefficient (Wildman–Crippen LogP) is 4.06. The molecule has 0 aromatic heterocycles. The maximum atomic E-state index is 12.3. The van der Waals surface area contributed by atoms with Gasteiger partial charge in [-0.25, -0.2) is 4.79 Å². The molecule has 0 bridgehead atoms. The topological polar surface area (TPSA) is 93.7 Å². The fourth-order valence-electron chi connectivity index (χ4n) is 2.35. The Balaban J connectivity index is 1.86. The number of nitrogens with one attached hydrogen (secondary N) is 2. The summed E-state index contributed by atoms with van der Waals surface area (Å²) in [7, 11) is 0. The molecule has 0 aliphatic rings. The molecule has 0 aliphatic carbocycles. The Labute approximate surface area is 169 Å². The molecule has 0 fully saturated rings. The zero-order valence-corrected chi connectivity index (χ0v) is 16.7. The Hall–Kier alpha value is -3.61. The van der Waals surface area contributed by atoms with Crippen molar-refractivity contribution in [2.75, 3.05) is 11.9 Å². The summed E-state index contributed by atoms with van der Waals surface area (Å²) < 4.78 is 9.64. The van der Waals surface area contributed by atoms with Gasteiger partial charge in [0.15, 0.2) is 0 Å². The first kappa shape index (κ1) is 21.7. The second-order valence-corrected chi connectivity index (χ2v) is 6.40. The third kappa shape index (κ3) is 7.50. The molecular formula is C22H24N2O5. The van der Waals surface area contributed by atoms with Crippen molar-refractivity contribution in [3.05, 3.63) is 71.3 Å². The molecule has 7 nitrogen and oxygen atoms in total. The third-order valence-electron chi connectivity index (χ3n) is 3.67. The summed E-state index contributed by atoms with van der Waals surface area (Å²) in [6.45, 7) is 5.95. The second-order valence-electron chi connectivity index (χ2n) is 6.40. The second kappa shape index (κ2) is 10.7. The van der Waals surface area contributed by atoms with Crippen molar-refractivity contribution in [3.8, 4) is 5.75 Å². The fourth-order valence-corrected chi connectivity index (χ4v) is 2.35. The van der Waals surface area contributed by atoms with Gasteiger partial charge in [-0.1, -0.05) is 17.7 Å². The molecule has 29 heavy (non-hydrogen) atoms. The molecule has 2 aromatic rings. The summed E-state index contributed by atoms with van der Waals surface area (Å²) in [4.78, 5) is 35.2. The van der Waals surface area contributed by atoms with E-state index in [0.717, 1.165) is 11.1 Å². The number of allylic oxidation sites excluding steroid dienone is 1. The molecule has 0 saturated carbocycles. The number of benzene rings is 2. The summed E-state index contributed by atoms with van der Waals surface area (Å²) in [5.74, 6) is -0.138. The molecule has 152 valence electrons. The lowest BCUT2D eigenvalue weighted by molar-refractivity contribution is -0.111. The first-order valence-corrected chi connectivity index (χ1v) is 9.15. The zero-order chi connectivity index (χ0) is 21.2. The van der Waals surface area contributed by atoms with Crippen molar-refractivity contribution in [1.82, 2.24) is 5.32 Å². The Morgan fingerprint density at radius 2 is 1.62 bits per heavy atom. The van der Waals surface area contributed by atoms with E-state index in [4.69, 9.17) is 9.47 Å². The van der Waals surface area contributed by atoms with E-state index in [0.29, 0.717) is 23.5 Å². The Bertz CT molecular complexity index is 882. The summed E-state index contributed by atoms with van der Waals surface area (Å²) in [5.41, 5.74) is 2.93. The van der Waals surface area contributed by atoms with Crippen LogP contribution in [0, 0.1) is 0 Å². The van der Waals surface area contributed by atoms with E-state index >= 15 is 0 Å². The summed E-state index contributed by atoms with van der Waals surface area (Å²) in [6.07, 6.45) is 0.738. The molecule has 2 aromatic carbocycles. The monoisotopic (exact) mass is 396 g/mol. The van der Waals surface area contributed by atoms with Crippen LogP contribution in [-0.4, -0.2) is 24.6 Å². The molecule has 2 N–H and O–H groups in total. The SMILES string of the molecule is CCOC(=O)Oc1ccc(C(=O)NCc2ccc(NC(=O)C=C(C)C)cc2)cc1. The predicted molar refractivity (Wildman–Crippen MR) is 110 cm³/mol. The summed E-state index contributed by atoms with van der Waals surface area (Å²) in [5, 5.41) is 5.58. The molecule has 2 rings (SSSR count). The summed E-state index contributed by atoms with van der Waals surface area (Å²) >= 11 is 0. The maximum Gasteiger partial charge on any atom is 0.513 e. The molecule has 2 amide bonds. The van der Waals surface area contributed by atoms with Crippen LogP contribution in [0.5, 0.6) is 5.75 Å². The standard InChI is InChI=1S/C22H24N2O5/c1-4-28-22(27)29-19-11-7-17(8-12-19)21(26)23-14-16-5-9-18(10-6-16)24-20(25)13-15(2)3/h5-13H,4,14H2,1-3H3,(H,23,26)(H,24,25). The first-order valence-electron chi connectivity index (χ1n) is 9.15. The maximum absolute atomic E-state index is 12.3. The van der Waals surface area contributed by atoms with Gasteiger partial charge in [-0.3, -0.25) is 9.59 Å². The van der Waals surface area contributed by atoms with Crippen molar-refractivity contribution in [2.45, 2.75) is 27.3 Å². The smallest absolute Gasteiger partial charge is 0.434 e. The van der Waals surface area contributed by atoms with Crippen LogP contribution in [0.4, 0.5) is 10.5 Å². The largest absolute Gasteiger partial charge is 0.513 e. The van der Waals surface area contributed by atoms with Crippen molar-refractivity contribution in [1.29, 1.82) is 0 Å². The molecular weight excluding hydrogens is 372 g/mol. The summed E-state index contributed by atoms with van der Waals surface area (Å²) in [6, 6.07) is 13.4. The molecule has 0 heterocycles. The molecule has 0 radical (unpaired) electrons. The molecule has 0 saturated heterocycles. The van der Waals surface area contributed by atoms with Crippen LogP contribution in [-0.2, 0) is 16.1 Å². The van der Waals surface area contributed by atoms with Crippen molar-refractivity contribution in [2.24, 2.45) is 0 Å². The number of amides is 2. The number of ether oxygens (including phenoxy) is 2. The lowest BCUT2D eigenvalue weighted by Gasteiger charge is -2.08. The van der Waals surface area contributed by atoms with Crippen LogP contribution in [0.1, 0.15) is 36.7 Å². The molecule has 7 heteroatoms. The van der Waals surface area contributed by atoms with Gasteiger partial charge in [-0.2, -0.15) is 0 Å². The fraction of sp³-hybridized carbons (Fsp3) is 0.227. The molecule has 0 spiro atoms. The van der Waals surface area contributed by atoms with E-state index in [2.05, 4.69) is 10.6 Å². The number of rotatable bonds is 7. The van der Waals surface area contributed by atoms with E-state index in [1.165, 1.54) is 18.2 Å². The van der Waals surface area contributed by atoms with Gasteiger partial charge < -0.3 is 20.1 Å². The quantitative estimate of drug-likeness (QED) is 0.418. The normalized spacial score (nSPS) is 9.90. The van der Waals surface area contributed by atoms with E-state index in [-0.39, 0.29) is 18.4 Å². The van der Waals surface area contributed by atoms with Gasteiger partial charge in [0.2, 0.25) is 5.91 Å². The van der Waals surface area contributed by atoms with Crippen LogP contribution in [0.3, 0.4) is 0 Å².